The zero-order valence-electron chi connectivity index (χ0n) is 15.7. The molecule has 140 valence electrons. The largest absolute Gasteiger partial charge is 0.383 e. The molecule has 0 aliphatic carbocycles. The van der Waals surface area contributed by atoms with E-state index in [1.165, 1.54) is 24.8 Å². The topological polar surface area (TPSA) is 59.3 Å². The van der Waals surface area contributed by atoms with Crippen molar-refractivity contribution in [3.8, 4) is 0 Å². The van der Waals surface area contributed by atoms with Gasteiger partial charge in [-0.05, 0) is 43.8 Å². The minimum atomic E-state index is 0.355. The average molecular weight is 356 g/mol. The van der Waals surface area contributed by atoms with E-state index in [1.807, 2.05) is 36.4 Å². The minimum absolute atomic E-state index is 0.355. The van der Waals surface area contributed by atoms with Gasteiger partial charge in [0, 0.05) is 51.4 Å². The van der Waals surface area contributed by atoms with E-state index in [0.29, 0.717) is 11.5 Å². The molecule has 0 saturated carbocycles. The van der Waals surface area contributed by atoms with Crippen LogP contribution in [-0.2, 0) is 18.3 Å². The molecule has 0 unspecified atom stereocenters. The molecule has 7 nitrogen and oxygen atoms in total. The first-order chi connectivity index (χ1) is 12.7. The summed E-state index contributed by atoms with van der Waals surface area (Å²) >= 11 is 0. The molecule has 1 atom stereocenters. The number of aromatic nitrogens is 4. The standard InChI is InChI=1S/C19H28N6O/c1-23-12-16(11-22-23)13-24-8-4-19(5-9-24)10-17(14-26-2)25(15-19)18-20-6-3-7-21-18/h3,6-7,11-12,17H,4-5,8-10,13-15H2,1-2H3/t17-/m0/s1. The SMILES string of the molecule is COC[C@@H]1CC2(CCN(Cc3cnn(C)c3)CC2)CN1c1ncccn1. The number of likely N-dealkylation sites (tertiary alicyclic amines) is 1. The van der Waals surface area contributed by atoms with Crippen molar-refractivity contribution in [3.05, 3.63) is 36.4 Å². The van der Waals surface area contributed by atoms with Gasteiger partial charge < -0.3 is 9.64 Å². The van der Waals surface area contributed by atoms with Gasteiger partial charge in [0.2, 0.25) is 5.95 Å². The summed E-state index contributed by atoms with van der Waals surface area (Å²) in [5.41, 5.74) is 1.65. The first-order valence-electron chi connectivity index (χ1n) is 9.40. The van der Waals surface area contributed by atoms with Crippen molar-refractivity contribution in [1.29, 1.82) is 0 Å². The second kappa shape index (κ2) is 7.32. The Morgan fingerprint density at radius 1 is 1.23 bits per heavy atom. The lowest BCUT2D eigenvalue weighted by atomic mass is 9.76. The maximum atomic E-state index is 5.50. The predicted molar refractivity (Wildman–Crippen MR) is 99.8 cm³/mol. The zero-order chi connectivity index (χ0) is 18.0. The second-order valence-electron chi connectivity index (χ2n) is 7.79. The molecule has 0 N–H and O–H groups in total. The van der Waals surface area contributed by atoms with E-state index in [9.17, 15) is 0 Å². The maximum absolute atomic E-state index is 5.50. The van der Waals surface area contributed by atoms with Crippen molar-refractivity contribution >= 4 is 5.95 Å². The number of hydrogen-bond acceptors (Lipinski definition) is 6. The molecule has 0 aromatic carbocycles. The minimum Gasteiger partial charge on any atom is -0.383 e. The molecule has 2 aromatic rings. The molecule has 4 rings (SSSR count). The quantitative estimate of drug-likeness (QED) is 0.813. The fourth-order valence-corrected chi connectivity index (χ4v) is 4.54. The summed E-state index contributed by atoms with van der Waals surface area (Å²) in [5, 5.41) is 4.28. The Labute approximate surface area is 155 Å². The molecule has 7 heteroatoms. The number of nitrogens with zero attached hydrogens (tertiary/aromatic N) is 6. The van der Waals surface area contributed by atoms with E-state index < -0.39 is 0 Å². The summed E-state index contributed by atoms with van der Waals surface area (Å²) in [5.74, 6) is 0.837. The Hall–Kier alpha value is -1.99. The molecule has 2 aliphatic rings. The molecular formula is C19H28N6O. The number of ether oxygens (including phenoxy) is 1. The third-order valence-electron chi connectivity index (χ3n) is 5.86. The summed E-state index contributed by atoms with van der Waals surface area (Å²) in [4.78, 5) is 13.9. The van der Waals surface area contributed by atoms with Crippen molar-refractivity contribution in [1.82, 2.24) is 24.6 Å². The number of anilines is 1. The van der Waals surface area contributed by atoms with Crippen LogP contribution in [0.4, 0.5) is 5.95 Å². The van der Waals surface area contributed by atoms with Gasteiger partial charge in [0.25, 0.3) is 0 Å². The van der Waals surface area contributed by atoms with Crippen molar-refractivity contribution < 1.29 is 4.74 Å². The zero-order valence-corrected chi connectivity index (χ0v) is 15.7. The van der Waals surface area contributed by atoms with Gasteiger partial charge in [-0.3, -0.25) is 9.58 Å². The normalized spacial score (nSPS) is 23.0. The molecule has 2 saturated heterocycles. The van der Waals surface area contributed by atoms with Crippen LogP contribution in [0.2, 0.25) is 0 Å². The second-order valence-corrected chi connectivity index (χ2v) is 7.79. The van der Waals surface area contributed by atoms with E-state index in [4.69, 9.17) is 4.74 Å². The first-order valence-corrected chi connectivity index (χ1v) is 9.40. The molecule has 1 spiro atoms. The number of piperidine rings is 1. The third-order valence-corrected chi connectivity index (χ3v) is 5.86. The van der Waals surface area contributed by atoms with E-state index in [0.717, 1.165) is 38.7 Å². The Kier molecular flexibility index (Phi) is 4.91. The third kappa shape index (κ3) is 3.59. The highest BCUT2D eigenvalue weighted by atomic mass is 16.5. The summed E-state index contributed by atoms with van der Waals surface area (Å²) in [6.07, 6.45) is 11.3. The van der Waals surface area contributed by atoms with Crippen LogP contribution >= 0.6 is 0 Å². The van der Waals surface area contributed by atoms with Gasteiger partial charge in [0.15, 0.2) is 0 Å². The molecule has 0 radical (unpaired) electrons. The van der Waals surface area contributed by atoms with Gasteiger partial charge in [0.05, 0.1) is 18.8 Å². The fourth-order valence-electron chi connectivity index (χ4n) is 4.54. The van der Waals surface area contributed by atoms with Crippen LogP contribution in [0.1, 0.15) is 24.8 Å². The highest BCUT2D eigenvalue weighted by Gasteiger charge is 2.46. The molecule has 2 fully saturated rings. The van der Waals surface area contributed by atoms with Gasteiger partial charge in [-0.15, -0.1) is 0 Å². The fraction of sp³-hybridized carbons (Fsp3) is 0.632. The summed E-state index contributed by atoms with van der Waals surface area (Å²) < 4.78 is 7.38. The number of rotatable bonds is 5. The number of aryl methyl sites for hydroxylation is 1. The van der Waals surface area contributed by atoms with Crippen LogP contribution in [0, 0.1) is 5.41 Å². The summed E-state index contributed by atoms with van der Waals surface area (Å²) in [6, 6.07) is 2.24. The molecule has 26 heavy (non-hydrogen) atoms. The number of methoxy groups -OCH3 is 1. The van der Waals surface area contributed by atoms with Gasteiger partial charge >= 0.3 is 0 Å². The van der Waals surface area contributed by atoms with Crippen molar-refractivity contribution in [2.45, 2.75) is 31.8 Å². The van der Waals surface area contributed by atoms with Crippen LogP contribution in [0.3, 0.4) is 0 Å². The highest BCUT2D eigenvalue weighted by molar-refractivity contribution is 5.35. The molecular weight excluding hydrogens is 328 g/mol. The van der Waals surface area contributed by atoms with Crippen LogP contribution in [-0.4, -0.2) is 64.0 Å². The Morgan fingerprint density at radius 2 is 2.00 bits per heavy atom. The number of hydrogen-bond donors (Lipinski definition) is 0. The van der Waals surface area contributed by atoms with Crippen LogP contribution in [0.25, 0.3) is 0 Å². The van der Waals surface area contributed by atoms with Crippen molar-refractivity contribution in [3.63, 3.8) is 0 Å². The predicted octanol–water partition coefficient (Wildman–Crippen LogP) is 1.72. The van der Waals surface area contributed by atoms with E-state index in [-0.39, 0.29) is 0 Å². The maximum Gasteiger partial charge on any atom is 0.225 e. The van der Waals surface area contributed by atoms with Gasteiger partial charge in [0.1, 0.15) is 0 Å². The first kappa shape index (κ1) is 17.4. The van der Waals surface area contributed by atoms with Gasteiger partial charge in [-0.25, -0.2) is 9.97 Å². The lowest BCUT2D eigenvalue weighted by molar-refractivity contribution is 0.106. The Bertz CT molecular complexity index is 710. The van der Waals surface area contributed by atoms with Crippen molar-refractivity contribution in [2.24, 2.45) is 12.5 Å². The smallest absolute Gasteiger partial charge is 0.225 e. The molecule has 0 amide bonds. The highest BCUT2D eigenvalue weighted by Crippen LogP contribution is 2.44. The van der Waals surface area contributed by atoms with Crippen molar-refractivity contribution in [2.75, 3.05) is 38.3 Å². The monoisotopic (exact) mass is 356 g/mol. The van der Waals surface area contributed by atoms with E-state index in [2.05, 4.69) is 31.1 Å². The molecule has 2 aliphatic heterocycles. The molecule has 4 heterocycles. The van der Waals surface area contributed by atoms with Crippen LogP contribution in [0.15, 0.2) is 30.9 Å². The Morgan fingerprint density at radius 3 is 2.65 bits per heavy atom. The molecule has 0 bridgehead atoms. The summed E-state index contributed by atoms with van der Waals surface area (Å²) in [7, 11) is 3.76. The van der Waals surface area contributed by atoms with E-state index >= 15 is 0 Å². The Balaban J connectivity index is 1.41. The lowest BCUT2D eigenvalue weighted by Gasteiger charge is -2.39. The molecule has 2 aromatic heterocycles. The van der Waals surface area contributed by atoms with Crippen LogP contribution < -0.4 is 4.90 Å². The average Bonchev–Trinajstić information content (AvgIpc) is 3.22. The lowest BCUT2D eigenvalue weighted by Crippen LogP contribution is -2.41. The van der Waals surface area contributed by atoms with Crippen LogP contribution in [0.5, 0.6) is 0 Å². The van der Waals surface area contributed by atoms with E-state index in [1.54, 1.807) is 7.11 Å². The van der Waals surface area contributed by atoms with Gasteiger partial charge in [-0.1, -0.05) is 0 Å². The summed E-state index contributed by atoms with van der Waals surface area (Å²) in [6.45, 7) is 5.04. The van der Waals surface area contributed by atoms with Gasteiger partial charge in [-0.2, -0.15) is 5.10 Å².